The van der Waals surface area contributed by atoms with E-state index in [0.29, 0.717) is 19.3 Å². The summed E-state index contributed by atoms with van der Waals surface area (Å²) in [5.41, 5.74) is 0. The number of aliphatic hydroxyl groups excluding tert-OH is 1. The van der Waals surface area contributed by atoms with Crippen LogP contribution in [0.1, 0.15) is 239 Å². The number of esters is 3. The first-order chi connectivity index (χ1) is 34.2. The van der Waals surface area contributed by atoms with Crippen molar-refractivity contribution in [1.29, 1.82) is 0 Å². The van der Waals surface area contributed by atoms with E-state index in [1.165, 1.54) is 70.6 Å². The summed E-state index contributed by atoms with van der Waals surface area (Å²) in [4.78, 5) is 48.4. The normalized spacial score (nSPS) is 14.0. The molecule has 3 unspecified atom stereocenters. The van der Waals surface area contributed by atoms with Crippen molar-refractivity contribution in [2.45, 2.75) is 251 Å². The predicted molar refractivity (Wildman–Crippen MR) is 288 cm³/mol. The lowest BCUT2D eigenvalue weighted by Gasteiger charge is -2.21. The van der Waals surface area contributed by atoms with E-state index in [0.717, 1.165) is 109 Å². The molecule has 0 radical (unpaired) electrons. The highest BCUT2D eigenvalue weighted by Gasteiger charge is 2.28. The number of rotatable bonds is 51. The van der Waals surface area contributed by atoms with Gasteiger partial charge in [0.2, 0.25) is 0 Å². The molecule has 0 aromatic carbocycles. The Morgan fingerprint density at radius 1 is 0.414 bits per heavy atom. The van der Waals surface area contributed by atoms with Crippen LogP contribution in [0.15, 0.2) is 72.9 Å². The summed E-state index contributed by atoms with van der Waals surface area (Å²) in [5.74, 6) is -1.51. The monoisotopic (exact) mass is 1000 g/mol. The van der Waals surface area contributed by atoms with Crippen molar-refractivity contribution in [1.82, 2.24) is 0 Å². The van der Waals surface area contributed by atoms with Crippen molar-refractivity contribution in [3.8, 4) is 0 Å². The van der Waals surface area contributed by atoms with E-state index in [4.69, 9.17) is 23.3 Å². The summed E-state index contributed by atoms with van der Waals surface area (Å²) >= 11 is 0. The SMILES string of the molecule is CC/C=C\C/C=C\C/C=C\C/C=C\C/C=C\CCCCCC(=O)OCC(COP(=O)(O)OCC(CO)OC(=O)CCCCCCCCCCCCC)OC(=O)CCCCCCC/C=C\CCCCCC. The molecule has 11 nitrogen and oxygen atoms in total. The topological polar surface area (TPSA) is 155 Å². The summed E-state index contributed by atoms with van der Waals surface area (Å²) in [7, 11) is -4.75. The van der Waals surface area contributed by atoms with E-state index >= 15 is 0 Å². The smallest absolute Gasteiger partial charge is 0.462 e. The summed E-state index contributed by atoms with van der Waals surface area (Å²) in [5, 5.41) is 9.78. The Balaban J connectivity index is 4.78. The zero-order valence-electron chi connectivity index (χ0n) is 44.5. The number of hydrogen-bond acceptors (Lipinski definition) is 10. The fraction of sp³-hybridized carbons (Fsp3) is 0.741. The second-order valence-corrected chi connectivity index (χ2v) is 19.8. The van der Waals surface area contributed by atoms with E-state index < -0.39 is 57.8 Å². The quantitative estimate of drug-likeness (QED) is 0.0197. The second-order valence-electron chi connectivity index (χ2n) is 18.4. The highest BCUT2D eigenvalue weighted by molar-refractivity contribution is 7.47. The maximum absolute atomic E-state index is 12.9. The van der Waals surface area contributed by atoms with Gasteiger partial charge < -0.3 is 24.2 Å². The van der Waals surface area contributed by atoms with Crippen LogP contribution in [0, 0.1) is 0 Å². The minimum Gasteiger partial charge on any atom is -0.462 e. The predicted octanol–water partition coefficient (Wildman–Crippen LogP) is 16.1. The molecule has 0 aromatic rings. The van der Waals surface area contributed by atoms with Crippen molar-refractivity contribution >= 4 is 25.7 Å². The molecule has 404 valence electrons. The highest BCUT2D eigenvalue weighted by Crippen LogP contribution is 2.43. The Kier molecular flexibility index (Phi) is 50.0. The van der Waals surface area contributed by atoms with Crippen LogP contribution < -0.4 is 0 Å². The third-order valence-corrected chi connectivity index (χ3v) is 12.6. The molecular formula is C58H101O11P. The van der Waals surface area contributed by atoms with Crippen LogP contribution in [0.2, 0.25) is 0 Å². The molecule has 0 amide bonds. The molecule has 0 spiro atoms. The van der Waals surface area contributed by atoms with Crippen LogP contribution in [0.25, 0.3) is 0 Å². The molecule has 0 fully saturated rings. The van der Waals surface area contributed by atoms with Crippen molar-refractivity contribution in [3.63, 3.8) is 0 Å². The molecule has 3 atom stereocenters. The van der Waals surface area contributed by atoms with E-state index in [-0.39, 0.29) is 25.9 Å². The first-order valence-corrected chi connectivity index (χ1v) is 29.3. The van der Waals surface area contributed by atoms with Gasteiger partial charge in [-0.15, -0.1) is 0 Å². The summed E-state index contributed by atoms with van der Waals surface area (Å²) in [6, 6.07) is 0. The van der Waals surface area contributed by atoms with Crippen LogP contribution in [0.4, 0.5) is 0 Å². The van der Waals surface area contributed by atoms with Gasteiger partial charge >= 0.3 is 25.7 Å². The molecule has 0 saturated heterocycles. The zero-order valence-corrected chi connectivity index (χ0v) is 45.4. The molecule has 0 bridgehead atoms. The average molecular weight is 1010 g/mol. The van der Waals surface area contributed by atoms with Crippen molar-refractivity contribution in [2.24, 2.45) is 0 Å². The number of carbonyl (C=O) groups excluding carboxylic acids is 3. The van der Waals surface area contributed by atoms with Gasteiger partial charge in [-0.05, 0) is 89.9 Å². The molecule has 0 aliphatic heterocycles. The average Bonchev–Trinajstić information content (AvgIpc) is 3.35. The summed E-state index contributed by atoms with van der Waals surface area (Å²) in [6.45, 7) is 4.46. The van der Waals surface area contributed by atoms with E-state index in [1.54, 1.807) is 0 Å². The number of unbranched alkanes of at least 4 members (excludes halogenated alkanes) is 22. The number of phosphoric acid groups is 1. The van der Waals surface area contributed by atoms with Crippen LogP contribution in [0.3, 0.4) is 0 Å². The number of aliphatic hydroxyl groups is 1. The minimum atomic E-state index is -4.75. The third kappa shape index (κ3) is 49.9. The summed E-state index contributed by atoms with van der Waals surface area (Å²) in [6.07, 6.45) is 57.2. The van der Waals surface area contributed by atoms with Gasteiger partial charge in [-0.1, -0.05) is 203 Å². The number of ether oxygens (including phenoxy) is 3. The standard InChI is InChI=1S/C58H101O11P/c1-4-7-10-13-16-19-22-24-25-26-27-28-29-31-33-35-38-41-44-47-56(60)65-51-55(69-58(62)49-46-43-40-37-34-30-23-20-17-14-11-8-5-2)53-67-70(63,64)66-52-54(50-59)68-57(61)48-45-42-39-36-32-21-18-15-12-9-6-3/h7,10,16,19-20,23-25,27-28,31,33,54-55,59H,4-6,8-9,11-15,17-18,21-22,26,29-30,32,34-53H2,1-3H3,(H,63,64)/b10-7-,19-16-,23-20-,25-24-,28-27-,33-31-. The van der Waals surface area contributed by atoms with Gasteiger partial charge in [-0.3, -0.25) is 23.4 Å². The lowest BCUT2D eigenvalue weighted by molar-refractivity contribution is -0.161. The number of phosphoric ester groups is 1. The van der Waals surface area contributed by atoms with Crippen LogP contribution in [-0.2, 0) is 42.2 Å². The van der Waals surface area contributed by atoms with E-state index in [2.05, 4.69) is 93.7 Å². The summed E-state index contributed by atoms with van der Waals surface area (Å²) < 4.78 is 39.4. The fourth-order valence-corrected chi connectivity index (χ4v) is 8.16. The molecule has 0 saturated carbocycles. The van der Waals surface area contributed by atoms with Crippen molar-refractivity contribution < 1.29 is 52.2 Å². The minimum absolute atomic E-state index is 0.149. The molecule has 2 N–H and O–H groups in total. The lowest BCUT2D eigenvalue weighted by atomic mass is 10.1. The maximum Gasteiger partial charge on any atom is 0.472 e. The molecule has 70 heavy (non-hydrogen) atoms. The van der Waals surface area contributed by atoms with Crippen molar-refractivity contribution in [3.05, 3.63) is 72.9 Å². The van der Waals surface area contributed by atoms with Gasteiger partial charge in [-0.25, -0.2) is 4.57 Å². The van der Waals surface area contributed by atoms with E-state index in [9.17, 15) is 28.9 Å². The van der Waals surface area contributed by atoms with Gasteiger partial charge in [-0.2, -0.15) is 0 Å². The molecule has 0 heterocycles. The van der Waals surface area contributed by atoms with Gasteiger partial charge in [0.05, 0.1) is 19.8 Å². The highest BCUT2D eigenvalue weighted by atomic mass is 31.2. The third-order valence-electron chi connectivity index (χ3n) is 11.6. The number of carbonyl (C=O) groups is 3. The molecule has 0 rings (SSSR count). The Labute approximate surface area is 427 Å². The van der Waals surface area contributed by atoms with Gasteiger partial charge in [0.1, 0.15) is 12.7 Å². The Bertz CT molecular complexity index is 1450. The first-order valence-electron chi connectivity index (χ1n) is 27.8. The zero-order chi connectivity index (χ0) is 51.3. The number of allylic oxidation sites excluding steroid dienone is 12. The van der Waals surface area contributed by atoms with Gasteiger partial charge in [0, 0.05) is 19.3 Å². The van der Waals surface area contributed by atoms with Gasteiger partial charge in [0.15, 0.2) is 6.10 Å². The molecule has 0 aliphatic carbocycles. The molecular weight excluding hydrogens is 904 g/mol. The Morgan fingerprint density at radius 2 is 0.743 bits per heavy atom. The van der Waals surface area contributed by atoms with Crippen LogP contribution in [0.5, 0.6) is 0 Å². The molecule has 0 aromatic heterocycles. The Hall–Kier alpha value is -3.08. The van der Waals surface area contributed by atoms with Crippen LogP contribution in [-0.4, -0.2) is 66.5 Å². The van der Waals surface area contributed by atoms with E-state index in [1.807, 2.05) is 0 Å². The van der Waals surface area contributed by atoms with Gasteiger partial charge in [0.25, 0.3) is 0 Å². The maximum atomic E-state index is 12.9. The molecule has 0 aliphatic rings. The molecule has 12 heteroatoms. The second kappa shape index (κ2) is 52.2. The Morgan fingerprint density at radius 3 is 1.19 bits per heavy atom. The largest absolute Gasteiger partial charge is 0.472 e. The van der Waals surface area contributed by atoms with Crippen LogP contribution >= 0.6 is 7.82 Å². The van der Waals surface area contributed by atoms with Crippen molar-refractivity contribution in [2.75, 3.05) is 26.4 Å². The first kappa shape index (κ1) is 66.9. The fourth-order valence-electron chi connectivity index (χ4n) is 7.38. The lowest BCUT2D eigenvalue weighted by Crippen LogP contribution is -2.30. The number of hydrogen-bond donors (Lipinski definition) is 2.